The van der Waals surface area contributed by atoms with Gasteiger partial charge in [-0.05, 0) is 74.3 Å². The number of amides is 5. The number of halogens is 1. The Balaban J connectivity index is 1.40. The maximum absolute atomic E-state index is 13.8. The van der Waals surface area contributed by atoms with Crippen LogP contribution in [0.5, 0.6) is 0 Å². The van der Waals surface area contributed by atoms with E-state index in [0.29, 0.717) is 56.1 Å². The van der Waals surface area contributed by atoms with Crippen LogP contribution in [0.25, 0.3) is 0 Å². The minimum atomic E-state index is -0.994. The molecule has 0 spiro atoms. The van der Waals surface area contributed by atoms with E-state index in [1.165, 1.54) is 0 Å². The molecule has 4 rings (SSSR count). The van der Waals surface area contributed by atoms with Gasteiger partial charge in [-0.1, -0.05) is 69.6 Å². The van der Waals surface area contributed by atoms with Crippen molar-refractivity contribution in [1.82, 2.24) is 20.9 Å². The summed E-state index contributed by atoms with van der Waals surface area (Å²) < 4.78 is 5.38. The van der Waals surface area contributed by atoms with Crippen LogP contribution in [0.4, 0.5) is 10.5 Å². The maximum atomic E-state index is 13.8. The molecule has 2 fully saturated rings. The highest BCUT2D eigenvalue weighted by atomic mass is 35.5. The van der Waals surface area contributed by atoms with Crippen molar-refractivity contribution in [2.24, 2.45) is 17.8 Å². The fraction of sp³-hybridized carbons (Fsp3) is 0.541. The quantitative estimate of drug-likeness (QED) is 0.198. The molecule has 0 radical (unpaired) electrons. The summed E-state index contributed by atoms with van der Waals surface area (Å²) in [4.78, 5) is 68.8. The number of epoxide rings is 1. The highest BCUT2D eigenvalue weighted by Crippen LogP contribution is 2.30. The number of likely N-dealkylation sites (tertiary alicyclic amines) is 1. The summed E-state index contributed by atoms with van der Waals surface area (Å²) in [6.07, 6.45) is 1.94. The summed E-state index contributed by atoms with van der Waals surface area (Å²) in [6, 6.07) is 13.1. The summed E-state index contributed by atoms with van der Waals surface area (Å²) >= 11 is 5.94. The smallest absolute Gasteiger partial charge is 0.318 e. The number of Topliss-reactive ketones (excluding diaryl/α,β-unsaturated/α-hetero) is 1. The molecule has 2 aromatic carbocycles. The number of ether oxygens (including phenoxy) is 1. The Labute approximate surface area is 294 Å². The van der Waals surface area contributed by atoms with Gasteiger partial charge in [-0.2, -0.15) is 0 Å². The van der Waals surface area contributed by atoms with Gasteiger partial charge in [0.25, 0.3) is 0 Å². The van der Waals surface area contributed by atoms with Gasteiger partial charge in [-0.25, -0.2) is 4.79 Å². The lowest BCUT2D eigenvalue weighted by atomic mass is 9.93. The van der Waals surface area contributed by atoms with Gasteiger partial charge in [0.15, 0.2) is 5.78 Å². The number of ketones is 1. The molecule has 2 aromatic rings. The van der Waals surface area contributed by atoms with Crippen molar-refractivity contribution in [1.29, 1.82) is 0 Å². The molecule has 49 heavy (non-hydrogen) atoms. The standard InChI is InChI=1S/C37H50ClN5O6/c1-23(2)19-29(32(44)37(5)22-49-37)40-35(47)31(21-25-9-7-6-8-10-25)41-34(46)30(20-24(3)4)42-36(48)43-17-15-26(16-18-43)33(45)39-28-13-11-27(38)12-14-28/h6-14,23-24,26,29-31H,15-22H2,1-5H3,(H,39,45)(H,40,47)(H,41,46)(H,42,48)/t29-,30-,31-,37+/m0/s1. The van der Waals surface area contributed by atoms with Gasteiger partial charge in [0.05, 0.1) is 12.6 Å². The highest BCUT2D eigenvalue weighted by molar-refractivity contribution is 6.30. The number of urea groups is 1. The van der Waals surface area contributed by atoms with Crippen LogP contribution in [0, 0.1) is 17.8 Å². The van der Waals surface area contributed by atoms with E-state index in [-0.39, 0.29) is 35.9 Å². The summed E-state index contributed by atoms with van der Waals surface area (Å²) in [7, 11) is 0. The van der Waals surface area contributed by atoms with Crippen molar-refractivity contribution >= 4 is 46.8 Å². The Morgan fingerprint density at radius 2 is 1.37 bits per heavy atom. The second-order valence-electron chi connectivity index (χ2n) is 14.2. The van der Waals surface area contributed by atoms with Crippen LogP contribution in [0.3, 0.4) is 0 Å². The molecule has 0 aliphatic carbocycles. The number of rotatable bonds is 15. The van der Waals surface area contributed by atoms with Crippen molar-refractivity contribution in [3.63, 3.8) is 0 Å². The van der Waals surface area contributed by atoms with Crippen molar-refractivity contribution < 1.29 is 28.7 Å². The van der Waals surface area contributed by atoms with Crippen LogP contribution in [0.2, 0.25) is 5.02 Å². The number of piperidine rings is 1. The topological polar surface area (TPSA) is 149 Å². The first-order valence-corrected chi connectivity index (χ1v) is 17.6. The lowest BCUT2D eigenvalue weighted by molar-refractivity contribution is -0.133. The van der Waals surface area contributed by atoms with Crippen molar-refractivity contribution in [3.05, 3.63) is 65.2 Å². The Morgan fingerprint density at radius 3 is 1.94 bits per heavy atom. The SMILES string of the molecule is CC(C)C[C@H](NC(=O)N1CCC(C(=O)Nc2ccc(Cl)cc2)CC1)C(=O)N[C@@H](Cc1ccccc1)C(=O)N[C@@H](CC(C)C)C(=O)[C@@]1(C)CO1. The molecule has 2 aliphatic heterocycles. The second kappa shape index (κ2) is 17.1. The number of hydrogen-bond donors (Lipinski definition) is 4. The zero-order valence-electron chi connectivity index (χ0n) is 29.1. The fourth-order valence-corrected chi connectivity index (χ4v) is 6.12. The predicted molar refractivity (Wildman–Crippen MR) is 189 cm³/mol. The average Bonchev–Trinajstić information content (AvgIpc) is 3.82. The molecular formula is C37H50ClN5O6. The summed E-state index contributed by atoms with van der Waals surface area (Å²) in [5.41, 5.74) is 0.580. The molecule has 5 amide bonds. The van der Waals surface area contributed by atoms with Crippen molar-refractivity contribution in [2.45, 2.75) is 90.4 Å². The summed E-state index contributed by atoms with van der Waals surface area (Å²) in [5.74, 6) is -1.32. The van der Waals surface area contributed by atoms with Crippen molar-refractivity contribution in [3.8, 4) is 0 Å². The molecule has 4 N–H and O–H groups in total. The van der Waals surface area contributed by atoms with E-state index < -0.39 is 41.6 Å². The molecule has 2 saturated heterocycles. The number of carbonyl (C=O) groups excluding carboxylic acids is 5. The van der Waals surface area contributed by atoms with E-state index >= 15 is 0 Å². The van der Waals surface area contributed by atoms with Crippen LogP contribution < -0.4 is 21.3 Å². The fourth-order valence-electron chi connectivity index (χ4n) is 5.99. The number of benzene rings is 2. The Hall–Kier alpha value is -3.96. The summed E-state index contributed by atoms with van der Waals surface area (Å²) in [5, 5.41) is 12.2. The molecule has 266 valence electrons. The minimum absolute atomic E-state index is 0.0621. The normalized spacial score (nSPS) is 19.5. The zero-order chi connectivity index (χ0) is 35.7. The Morgan fingerprint density at radius 1 is 0.816 bits per heavy atom. The van der Waals surface area contributed by atoms with E-state index in [1.54, 1.807) is 36.1 Å². The third-order valence-electron chi connectivity index (χ3n) is 8.94. The Kier molecular flexibility index (Phi) is 13.2. The van der Waals surface area contributed by atoms with E-state index in [2.05, 4.69) is 21.3 Å². The molecule has 0 unspecified atom stereocenters. The van der Waals surface area contributed by atoms with E-state index in [9.17, 15) is 24.0 Å². The predicted octanol–water partition coefficient (Wildman–Crippen LogP) is 4.73. The van der Waals surface area contributed by atoms with Gasteiger partial charge in [-0.15, -0.1) is 0 Å². The number of hydrogen-bond acceptors (Lipinski definition) is 6. The number of carbonyl (C=O) groups is 5. The van der Waals surface area contributed by atoms with Gasteiger partial charge in [-0.3, -0.25) is 19.2 Å². The van der Waals surface area contributed by atoms with E-state index in [4.69, 9.17) is 16.3 Å². The minimum Gasteiger partial charge on any atom is -0.361 e. The van der Waals surface area contributed by atoms with Crippen LogP contribution in [-0.2, 0) is 30.3 Å². The van der Waals surface area contributed by atoms with Crippen LogP contribution >= 0.6 is 11.6 Å². The molecule has 0 saturated carbocycles. The lowest BCUT2D eigenvalue weighted by Gasteiger charge is -2.33. The van der Waals surface area contributed by atoms with Crippen molar-refractivity contribution in [2.75, 3.05) is 25.0 Å². The van der Waals surface area contributed by atoms with Gasteiger partial charge in [0.1, 0.15) is 17.7 Å². The van der Waals surface area contributed by atoms with Crippen LogP contribution in [0.15, 0.2) is 54.6 Å². The second-order valence-corrected chi connectivity index (χ2v) is 14.7. The molecule has 2 heterocycles. The first-order valence-electron chi connectivity index (χ1n) is 17.2. The average molecular weight is 696 g/mol. The van der Waals surface area contributed by atoms with Crippen LogP contribution in [-0.4, -0.2) is 77.9 Å². The molecule has 4 atom stereocenters. The third-order valence-corrected chi connectivity index (χ3v) is 9.19. The zero-order valence-corrected chi connectivity index (χ0v) is 29.8. The molecule has 0 aromatic heterocycles. The number of nitrogens with one attached hydrogen (secondary N) is 4. The molecular weight excluding hydrogens is 646 g/mol. The lowest BCUT2D eigenvalue weighted by Crippen LogP contribution is -2.58. The molecule has 0 bridgehead atoms. The van der Waals surface area contributed by atoms with Gasteiger partial charge >= 0.3 is 6.03 Å². The first-order chi connectivity index (χ1) is 23.2. The molecule has 12 heteroatoms. The van der Waals surface area contributed by atoms with Gasteiger partial charge < -0.3 is 30.9 Å². The third kappa shape index (κ3) is 11.3. The Bertz CT molecular complexity index is 1460. The molecule has 2 aliphatic rings. The number of nitrogens with zero attached hydrogens (tertiary/aromatic N) is 1. The first kappa shape index (κ1) is 37.9. The number of anilines is 1. The van der Waals surface area contributed by atoms with Gasteiger partial charge in [0.2, 0.25) is 17.7 Å². The maximum Gasteiger partial charge on any atom is 0.318 e. The van der Waals surface area contributed by atoms with E-state index in [1.807, 2.05) is 58.0 Å². The molecule has 11 nitrogen and oxygen atoms in total. The monoisotopic (exact) mass is 695 g/mol. The largest absolute Gasteiger partial charge is 0.361 e. The highest BCUT2D eigenvalue weighted by Gasteiger charge is 2.50. The summed E-state index contributed by atoms with van der Waals surface area (Å²) in [6.45, 7) is 10.6. The van der Waals surface area contributed by atoms with Crippen LogP contribution in [0.1, 0.15) is 65.9 Å². The van der Waals surface area contributed by atoms with E-state index in [0.717, 1.165) is 5.56 Å². The van der Waals surface area contributed by atoms with Gasteiger partial charge in [0, 0.05) is 36.1 Å².